The smallest absolute Gasteiger partial charge is 0.303 e. The number of carboxylic acid groups (broad SMARTS) is 1. The maximum atomic E-state index is 13.0. The second-order valence-corrected chi connectivity index (χ2v) is 6.37. The van der Waals surface area contributed by atoms with Crippen LogP contribution in [0.3, 0.4) is 0 Å². The third-order valence-electron chi connectivity index (χ3n) is 4.22. The second kappa shape index (κ2) is 9.88. The van der Waals surface area contributed by atoms with Crippen LogP contribution >= 0.6 is 0 Å². The average Bonchev–Trinajstić information content (AvgIpc) is 2.79. The highest BCUT2D eigenvalue weighted by Crippen LogP contribution is 2.22. The number of benzene rings is 3. The van der Waals surface area contributed by atoms with Crippen molar-refractivity contribution in [2.75, 3.05) is 5.01 Å². The molecule has 0 saturated heterocycles. The summed E-state index contributed by atoms with van der Waals surface area (Å²) >= 11 is 0. The number of nitrogens with zero attached hydrogens (tertiary/aromatic N) is 3. The predicted octanol–water partition coefficient (Wildman–Crippen LogP) is 5.08. The number of amides is 1. The highest BCUT2D eigenvalue weighted by atomic mass is 16.4. The third kappa shape index (κ3) is 5.45. The minimum Gasteiger partial charge on any atom is -0.481 e. The van der Waals surface area contributed by atoms with Crippen molar-refractivity contribution < 1.29 is 19.5 Å². The van der Waals surface area contributed by atoms with Crippen LogP contribution in [-0.4, -0.2) is 22.8 Å². The molecule has 0 bridgehead atoms. The Labute approximate surface area is 173 Å². The fourth-order valence-corrected chi connectivity index (χ4v) is 2.66. The number of Topliss-reactive ketones (excluding diaryl/α,β-unsaturated/α-hetero) is 1. The summed E-state index contributed by atoms with van der Waals surface area (Å²) in [7, 11) is 0. The number of ketones is 1. The first-order valence-corrected chi connectivity index (χ1v) is 9.26. The zero-order valence-corrected chi connectivity index (χ0v) is 16.0. The summed E-state index contributed by atoms with van der Waals surface area (Å²) in [5.74, 6) is -1.68. The van der Waals surface area contributed by atoms with Gasteiger partial charge in [0.25, 0.3) is 5.91 Å². The Morgan fingerprint density at radius 3 is 1.93 bits per heavy atom. The van der Waals surface area contributed by atoms with E-state index in [9.17, 15) is 14.4 Å². The Bertz CT molecular complexity index is 1050. The van der Waals surface area contributed by atoms with Gasteiger partial charge in [-0.1, -0.05) is 41.6 Å². The maximum absolute atomic E-state index is 13.0. The van der Waals surface area contributed by atoms with Crippen LogP contribution in [-0.2, 0) is 4.79 Å². The first kappa shape index (κ1) is 20.6. The van der Waals surface area contributed by atoms with Crippen molar-refractivity contribution in [2.45, 2.75) is 12.8 Å². The number of hydrogen-bond donors (Lipinski definition) is 1. The van der Waals surface area contributed by atoms with Gasteiger partial charge in [0.15, 0.2) is 5.78 Å². The van der Waals surface area contributed by atoms with Gasteiger partial charge in [-0.25, -0.2) is 0 Å². The average molecular weight is 401 g/mol. The number of aliphatic carboxylic acids is 1. The predicted molar refractivity (Wildman–Crippen MR) is 112 cm³/mol. The van der Waals surface area contributed by atoms with E-state index in [0.717, 1.165) is 5.01 Å². The van der Waals surface area contributed by atoms with Crippen LogP contribution in [0.4, 0.5) is 11.4 Å². The number of anilines is 1. The van der Waals surface area contributed by atoms with E-state index in [1.54, 1.807) is 60.7 Å². The minimum atomic E-state index is -1.03. The standard InChI is InChI=1S/C23H19N3O4/c27-21(15-16-22(28)29)17-11-13-20(14-12-17)26(23(30)18-7-3-1-4-8-18)25-24-19-9-5-2-6-10-19/h1-14H,15-16H2,(H,28,29)/b25-24+. The van der Waals surface area contributed by atoms with Crippen molar-refractivity contribution in [2.24, 2.45) is 10.3 Å². The van der Waals surface area contributed by atoms with Gasteiger partial charge >= 0.3 is 5.97 Å². The van der Waals surface area contributed by atoms with Gasteiger partial charge in [-0.05, 0) is 48.5 Å². The molecular formula is C23H19N3O4. The van der Waals surface area contributed by atoms with Crippen molar-refractivity contribution >= 4 is 29.0 Å². The Morgan fingerprint density at radius 1 is 0.733 bits per heavy atom. The molecule has 0 aromatic heterocycles. The van der Waals surface area contributed by atoms with E-state index in [4.69, 9.17) is 5.11 Å². The van der Waals surface area contributed by atoms with Crippen LogP contribution in [0, 0.1) is 0 Å². The van der Waals surface area contributed by atoms with Gasteiger partial charge in [0, 0.05) is 17.5 Å². The number of carboxylic acids is 1. The molecule has 0 spiro atoms. The van der Waals surface area contributed by atoms with Gasteiger partial charge in [0.2, 0.25) is 0 Å². The highest BCUT2D eigenvalue weighted by molar-refractivity contribution is 6.06. The zero-order valence-electron chi connectivity index (χ0n) is 16.0. The summed E-state index contributed by atoms with van der Waals surface area (Å²) in [6.45, 7) is 0. The Morgan fingerprint density at radius 2 is 1.33 bits per heavy atom. The summed E-state index contributed by atoms with van der Waals surface area (Å²) in [5.41, 5.74) is 1.82. The Kier molecular flexibility index (Phi) is 6.78. The summed E-state index contributed by atoms with van der Waals surface area (Å²) in [4.78, 5) is 35.8. The monoisotopic (exact) mass is 401 g/mol. The number of hydrogen-bond acceptors (Lipinski definition) is 5. The third-order valence-corrected chi connectivity index (χ3v) is 4.22. The van der Waals surface area contributed by atoms with E-state index < -0.39 is 5.97 Å². The Balaban J connectivity index is 1.88. The van der Waals surface area contributed by atoms with Gasteiger partial charge in [-0.15, -0.1) is 5.11 Å². The topological polar surface area (TPSA) is 99.4 Å². The molecule has 0 heterocycles. The van der Waals surface area contributed by atoms with Crippen molar-refractivity contribution in [1.29, 1.82) is 0 Å². The fraction of sp³-hybridized carbons (Fsp3) is 0.0870. The molecule has 0 saturated carbocycles. The molecule has 0 aliphatic carbocycles. The molecule has 150 valence electrons. The van der Waals surface area contributed by atoms with Gasteiger partial charge in [-0.2, -0.15) is 5.01 Å². The molecule has 1 N–H and O–H groups in total. The molecule has 0 fully saturated rings. The number of rotatable bonds is 8. The van der Waals surface area contributed by atoms with Gasteiger partial charge in [-0.3, -0.25) is 14.4 Å². The van der Waals surface area contributed by atoms with Crippen molar-refractivity contribution in [3.05, 3.63) is 96.1 Å². The molecule has 0 atom stereocenters. The first-order chi connectivity index (χ1) is 14.5. The van der Waals surface area contributed by atoms with E-state index in [0.29, 0.717) is 22.5 Å². The largest absolute Gasteiger partial charge is 0.481 e. The molecule has 7 nitrogen and oxygen atoms in total. The molecule has 3 rings (SSSR count). The molecule has 0 aliphatic rings. The van der Waals surface area contributed by atoms with E-state index in [1.807, 2.05) is 24.3 Å². The molecular weight excluding hydrogens is 382 g/mol. The number of carbonyl (C=O) groups excluding carboxylic acids is 2. The van der Waals surface area contributed by atoms with Crippen LogP contribution in [0.25, 0.3) is 0 Å². The summed E-state index contributed by atoms with van der Waals surface area (Å²) < 4.78 is 0. The van der Waals surface area contributed by atoms with Gasteiger partial charge in [0.05, 0.1) is 17.8 Å². The molecule has 0 unspecified atom stereocenters. The van der Waals surface area contributed by atoms with E-state index in [-0.39, 0.29) is 24.5 Å². The Hall–Kier alpha value is -4.13. The summed E-state index contributed by atoms with van der Waals surface area (Å²) in [6.07, 6.45) is -0.320. The SMILES string of the molecule is O=C(O)CCC(=O)c1ccc(N(/N=N/c2ccccc2)C(=O)c2ccccc2)cc1. The van der Waals surface area contributed by atoms with E-state index in [1.165, 1.54) is 0 Å². The molecule has 0 aliphatic heterocycles. The molecule has 1 amide bonds. The lowest BCUT2D eigenvalue weighted by molar-refractivity contribution is -0.136. The lowest BCUT2D eigenvalue weighted by atomic mass is 10.1. The molecule has 30 heavy (non-hydrogen) atoms. The van der Waals surface area contributed by atoms with Crippen molar-refractivity contribution in [1.82, 2.24) is 0 Å². The van der Waals surface area contributed by atoms with Crippen LogP contribution in [0.5, 0.6) is 0 Å². The van der Waals surface area contributed by atoms with Gasteiger partial charge in [0.1, 0.15) is 0 Å². The first-order valence-electron chi connectivity index (χ1n) is 9.26. The summed E-state index contributed by atoms with van der Waals surface area (Å²) in [5, 5.41) is 18.1. The van der Waals surface area contributed by atoms with Crippen molar-refractivity contribution in [3.8, 4) is 0 Å². The van der Waals surface area contributed by atoms with E-state index in [2.05, 4.69) is 10.3 Å². The molecule has 0 radical (unpaired) electrons. The van der Waals surface area contributed by atoms with Crippen molar-refractivity contribution in [3.63, 3.8) is 0 Å². The minimum absolute atomic E-state index is 0.0882. The normalized spacial score (nSPS) is 10.7. The van der Waals surface area contributed by atoms with Crippen LogP contribution in [0.1, 0.15) is 33.6 Å². The van der Waals surface area contributed by atoms with Crippen LogP contribution in [0.2, 0.25) is 0 Å². The zero-order chi connectivity index (χ0) is 21.3. The van der Waals surface area contributed by atoms with E-state index >= 15 is 0 Å². The summed E-state index contributed by atoms with van der Waals surface area (Å²) in [6, 6.07) is 23.9. The molecule has 3 aromatic rings. The van der Waals surface area contributed by atoms with Crippen LogP contribution in [0.15, 0.2) is 95.3 Å². The van der Waals surface area contributed by atoms with Gasteiger partial charge < -0.3 is 5.11 Å². The highest BCUT2D eigenvalue weighted by Gasteiger charge is 2.18. The van der Waals surface area contributed by atoms with Crippen LogP contribution < -0.4 is 5.01 Å². The lowest BCUT2D eigenvalue weighted by Crippen LogP contribution is -2.25. The molecule has 7 heteroatoms. The quantitative estimate of drug-likeness (QED) is 0.323. The lowest BCUT2D eigenvalue weighted by Gasteiger charge is -2.16. The number of carbonyl (C=O) groups is 3. The fourth-order valence-electron chi connectivity index (χ4n) is 2.66. The second-order valence-electron chi connectivity index (χ2n) is 6.37. The molecule has 3 aromatic carbocycles. The maximum Gasteiger partial charge on any atom is 0.303 e.